The zero-order valence-corrected chi connectivity index (χ0v) is 9.47. The van der Waals surface area contributed by atoms with Crippen molar-refractivity contribution in [2.75, 3.05) is 11.1 Å². The van der Waals surface area contributed by atoms with E-state index < -0.39 is 0 Å². The summed E-state index contributed by atoms with van der Waals surface area (Å²) in [6.45, 7) is 1.86. The van der Waals surface area contributed by atoms with Crippen LogP contribution in [-0.2, 0) is 0 Å². The molecule has 2 rings (SSSR count). The van der Waals surface area contributed by atoms with Crippen LogP contribution in [0.4, 0.5) is 11.4 Å². The van der Waals surface area contributed by atoms with Crippen LogP contribution in [0.2, 0.25) is 0 Å². The summed E-state index contributed by atoms with van der Waals surface area (Å²) in [6.07, 6.45) is 3.24. The van der Waals surface area contributed by atoms with E-state index in [0.717, 1.165) is 5.56 Å². The second kappa shape index (κ2) is 4.65. The molecule has 0 aliphatic heterocycles. The Morgan fingerprint density at radius 2 is 2.12 bits per heavy atom. The molecule has 1 amide bonds. The highest BCUT2D eigenvalue weighted by Crippen LogP contribution is 2.17. The van der Waals surface area contributed by atoms with Crippen LogP contribution in [0.5, 0.6) is 0 Å². The number of hydrogen-bond acceptors (Lipinski definition) is 3. The molecule has 17 heavy (non-hydrogen) atoms. The first kappa shape index (κ1) is 11.1. The number of hydrogen-bond donors (Lipinski definition) is 2. The van der Waals surface area contributed by atoms with Gasteiger partial charge in [0.25, 0.3) is 5.91 Å². The molecule has 1 aromatic heterocycles. The molecule has 0 saturated carbocycles. The third-order valence-corrected chi connectivity index (χ3v) is 2.45. The lowest BCUT2D eigenvalue weighted by atomic mass is 10.1. The van der Waals surface area contributed by atoms with Gasteiger partial charge in [0.1, 0.15) is 0 Å². The quantitative estimate of drug-likeness (QED) is 0.773. The molecular formula is C13H13N3O. The van der Waals surface area contributed by atoms with Gasteiger partial charge in [-0.05, 0) is 30.7 Å². The molecule has 4 heteroatoms. The Labute approximate surface area is 99.5 Å². The normalized spacial score (nSPS) is 9.94. The summed E-state index contributed by atoms with van der Waals surface area (Å²) >= 11 is 0. The molecule has 0 aliphatic rings. The largest absolute Gasteiger partial charge is 0.398 e. The summed E-state index contributed by atoms with van der Waals surface area (Å²) in [7, 11) is 0. The predicted molar refractivity (Wildman–Crippen MR) is 67.8 cm³/mol. The number of pyridine rings is 1. The lowest BCUT2D eigenvalue weighted by Crippen LogP contribution is -2.15. The van der Waals surface area contributed by atoms with Gasteiger partial charge >= 0.3 is 0 Å². The number of rotatable bonds is 2. The lowest BCUT2D eigenvalue weighted by Gasteiger charge is -2.09. The van der Waals surface area contributed by atoms with Crippen LogP contribution in [0.25, 0.3) is 0 Å². The maximum absolute atomic E-state index is 12.0. The number of carbonyl (C=O) groups excluding carboxylic acids is 1. The molecule has 0 atom stereocenters. The van der Waals surface area contributed by atoms with Gasteiger partial charge in [-0.3, -0.25) is 9.78 Å². The predicted octanol–water partition coefficient (Wildman–Crippen LogP) is 2.22. The van der Waals surface area contributed by atoms with Gasteiger partial charge in [0.05, 0.1) is 17.4 Å². The van der Waals surface area contributed by atoms with E-state index in [9.17, 15) is 4.79 Å². The fourth-order valence-electron chi connectivity index (χ4n) is 1.63. The van der Waals surface area contributed by atoms with Crippen molar-refractivity contribution in [3.05, 3.63) is 53.9 Å². The van der Waals surface area contributed by atoms with Gasteiger partial charge in [-0.1, -0.05) is 12.1 Å². The number of nitrogens with two attached hydrogens (primary N) is 1. The van der Waals surface area contributed by atoms with Crippen molar-refractivity contribution in [3.8, 4) is 0 Å². The molecule has 0 saturated heterocycles. The summed E-state index contributed by atoms with van der Waals surface area (Å²) in [4.78, 5) is 16.0. The van der Waals surface area contributed by atoms with Crippen LogP contribution in [0, 0.1) is 6.92 Å². The molecule has 0 spiro atoms. The fraction of sp³-hybridized carbons (Fsp3) is 0.0769. The zero-order chi connectivity index (χ0) is 12.3. The van der Waals surface area contributed by atoms with E-state index >= 15 is 0 Å². The molecule has 0 aliphatic carbocycles. The van der Waals surface area contributed by atoms with Gasteiger partial charge in [-0.25, -0.2) is 0 Å². The highest BCUT2D eigenvalue weighted by Gasteiger charge is 2.12. The van der Waals surface area contributed by atoms with Gasteiger partial charge in [-0.15, -0.1) is 0 Å². The molecule has 0 bridgehead atoms. The molecule has 0 radical (unpaired) electrons. The first-order valence-electron chi connectivity index (χ1n) is 5.25. The number of anilines is 2. The van der Waals surface area contributed by atoms with Crippen LogP contribution in [0.3, 0.4) is 0 Å². The highest BCUT2D eigenvalue weighted by molar-refractivity contribution is 6.08. The highest BCUT2D eigenvalue weighted by atomic mass is 16.1. The Hall–Kier alpha value is -2.36. The van der Waals surface area contributed by atoms with Crippen LogP contribution < -0.4 is 11.1 Å². The number of nitrogens with zero attached hydrogens (tertiary/aromatic N) is 1. The van der Waals surface area contributed by atoms with Gasteiger partial charge < -0.3 is 11.1 Å². The van der Waals surface area contributed by atoms with E-state index in [1.807, 2.05) is 19.1 Å². The van der Waals surface area contributed by atoms with Crippen LogP contribution >= 0.6 is 0 Å². The molecule has 86 valence electrons. The van der Waals surface area contributed by atoms with Crippen LogP contribution in [0.1, 0.15) is 15.9 Å². The Morgan fingerprint density at radius 3 is 2.76 bits per heavy atom. The summed E-state index contributed by atoms with van der Waals surface area (Å²) < 4.78 is 0. The minimum Gasteiger partial charge on any atom is -0.398 e. The SMILES string of the molecule is Cc1cccc(N)c1C(=O)Nc1cccnc1. The summed E-state index contributed by atoms with van der Waals surface area (Å²) in [6, 6.07) is 8.93. The standard InChI is InChI=1S/C13H13N3O/c1-9-4-2-6-11(14)12(9)13(17)16-10-5-3-7-15-8-10/h2-8H,14H2,1H3,(H,16,17). The smallest absolute Gasteiger partial charge is 0.258 e. The molecule has 3 N–H and O–H groups in total. The molecule has 1 heterocycles. The first-order valence-corrected chi connectivity index (χ1v) is 5.25. The summed E-state index contributed by atoms with van der Waals surface area (Å²) in [5.41, 5.74) is 8.29. The van der Waals surface area contributed by atoms with Crippen molar-refractivity contribution in [3.63, 3.8) is 0 Å². The number of carbonyl (C=O) groups is 1. The number of nitrogens with one attached hydrogen (secondary N) is 1. The number of aromatic nitrogens is 1. The van der Waals surface area contributed by atoms with Crippen molar-refractivity contribution in [1.29, 1.82) is 0 Å². The zero-order valence-electron chi connectivity index (χ0n) is 9.47. The van der Waals surface area contributed by atoms with Crippen molar-refractivity contribution in [2.24, 2.45) is 0 Å². The van der Waals surface area contributed by atoms with E-state index in [1.165, 1.54) is 0 Å². The minimum absolute atomic E-state index is 0.214. The van der Waals surface area contributed by atoms with Gasteiger partial charge in [0, 0.05) is 11.9 Å². The molecule has 0 fully saturated rings. The Kier molecular flexibility index (Phi) is 3.05. The third kappa shape index (κ3) is 2.42. The molecule has 1 aromatic carbocycles. The van der Waals surface area contributed by atoms with Crippen molar-refractivity contribution in [2.45, 2.75) is 6.92 Å². The molecule has 0 unspecified atom stereocenters. The summed E-state index contributed by atoms with van der Waals surface area (Å²) in [5, 5.41) is 2.76. The van der Waals surface area contributed by atoms with E-state index in [4.69, 9.17) is 5.73 Å². The van der Waals surface area contributed by atoms with E-state index in [2.05, 4.69) is 10.3 Å². The fourth-order valence-corrected chi connectivity index (χ4v) is 1.63. The number of nitrogen functional groups attached to an aromatic ring is 1. The second-order valence-corrected chi connectivity index (χ2v) is 3.73. The van der Waals surface area contributed by atoms with Crippen LogP contribution in [0.15, 0.2) is 42.7 Å². The van der Waals surface area contributed by atoms with Crippen molar-refractivity contribution >= 4 is 17.3 Å². The van der Waals surface area contributed by atoms with Gasteiger partial charge in [0.2, 0.25) is 0 Å². The lowest BCUT2D eigenvalue weighted by molar-refractivity contribution is 0.102. The number of aryl methyl sites for hydroxylation is 1. The Morgan fingerprint density at radius 1 is 1.29 bits per heavy atom. The first-order chi connectivity index (χ1) is 8.18. The maximum atomic E-state index is 12.0. The van der Waals surface area contributed by atoms with Gasteiger partial charge in [0.15, 0.2) is 0 Å². The van der Waals surface area contributed by atoms with E-state index in [-0.39, 0.29) is 5.91 Å². The van der Waals surface area contributed by atoms with E-state index in [0.29, 0.717) is 16.9 Å². The third-order valence-electron chi connectivity index (χ3n) is 2.45. The maximum Gasteiger partial charge on any atom is 0.258 e. The van der Waals surface area contributed by atoms with Crippen molar-refractivity contribution in [1.82, 2.24) is 4.98 Å². The number of amides is 1. The average molecular weight is 227 g/mol. The molecule has 4 nitrogen and oxygen atoms in total. The summed E-state index contributed by atoms with van der Waals surface area (Å²) in [5.74, 6) is -0.214. The monoisotopic (exact) mass is 227 g/mol. The Bertz CT molecular complexity index is 517. The number of benzene rings is 1. The average Bonchev–Trinajstić information content (AvgIpc) is 2.30. The molecular weight excluding hydrogens is 214 g/mol. The van der Waals surface area contributed by atoms with Crippen LogP contribution in [-0.4, -0.2) is 10.9 Å². The topological polar surface area (TPSA) is 68.0 Å². The second-order valence-electron chi connectivity index (χ2n) is 3.73. The van der Waals surface area contributed by atoms with E-state index in [1.54, 1.807) is 30.6 Å². The van der Waals surface area contributed by atoms with Crippen molar-refractivity contribution < 1.29 is 4.79 Å². The molecule has 2 aromatic rings. The van der Waals surface area contributed by atoms with Gasteiger partial charge in [-0.2, -0.15) is 0 Å². The minimum atomic E-state index is -0.214. The Balaban J connectivity index is 2.27.